The number of methoxy groups -OCH3 is 1. The van der Waals surface area contributed by atoms with Crippen molar-refractivity contribution < 1.29 is 19.4 Å². The first-order valence-electron chi connectivity index (χ1n) is 7.67. The summed E-state index contributed by atoms with van der Waals surface area (Å²) in [6.45, 7) is 1.58. The Morgan fingerprint density at radius 1 is 1.33 bits per heavy atom. The number of carboxylic acid groups (broad SMARTS) is 1. The highest BCUT2D eigenvalue weighted by Crippen LogP contribution is 2.48. The van der Waals surface area contributed by atoms with E-state index in [4.69, 9.17) is 9.47 Å². The van der Waals surface area contributed by atoms with Crippen LogP contribution in [0.4, 0.5) is 0 Å². The number of rotatable bonds is 4. The van der Waals surface area contributed by atoms with Gasteiger partial charge in [-0.25, -0.2) is 0 Å². The Balaban J connectivity index is 1.99. The number of carboxylic acids is 1. The third-order valence-electron chi connectivity index (χ3n) is 5.05. The summed E-state index contributed by atoms with van der Waals surface area (Å²) in [5, 5.41) is 9.68. The van der Waals surface area contributed by atoms with Crippen molar-refractivity contribution in [2.24, 2.45) is 0 Å². The number of ether oxygens (including phenoxy) is 2. The summed E-state index contributed by atoms with van der Waals surface area (Å²) in [6.07, 6.45) is 4.39. The average molecular weight is 290 g/mol. The Morgan fingerprint density at radius 3 is 2.57 bits per heavy atom. The van der Waals surface area contributed by atoms with E-state index in [9.17, 15) is 9.90 Å². The number of carbonyl (C=O) groups is 1. The lowest BCUT2D eigenvalue weighted by molar-refractivity contribution is -0.147. The number of benzene rings is 1. The van der Waals surface area contributed by atoms with E-state index in [1.165, 1.54) is 5.56 Å². The number of hydrogen-bond acceptors (Lipinski definition) is 3. The zero-order valence-corrected chi connectivity index (χ0v) is 12.4. The zero-order valence-electron chi connectivity index (χ0n) is 12.4. The molecule has 21 heavy (non-hydrogen) atoms. The van der Waals surface area contributed by atoms with Crippen LogP contribution in [0.5, 0.6) is 5.75 Å². The first-order valence-corrected chi connectivity index (χ1v) is 7.67. The largest absolute Gasteiger partial charge is 0.496 e. The molecule has 1 aliphatic carbocycles. The maximum absolute atomic E-state index is 11.8. The first kappa shape index (κ1) is 14.4. The first-order chi connectivity index (χ1) is 10.2. The molecule has 1 heterocycles. The summed E-state index contributed by atoms with van der Waals surface area (Å²) in [4.78, 5) is 11.8. The topological polar surface area (TPSA) is 55.8 Å². The van der Waals surface area contributed by atoms with E-state index >= 15 is 0 Å². The molecule has 0 unspecified atom stereocenters. The normalized spacial score (nSPS) is 21.6. The summed E-state index contributed by atoms with van der Waals surface area (Å²) in [7, 11) is 1.61. The molecule has 0 aromatic heterocycles. The maximum atomic E-state index is 11.8. The van der Waals surface area contributed by atoms with E-state index in [0.717, 1.165) is 38.0 Å². The van der Waals surface area contributed by atoms with Gasteiger partial charge in [-0.05, 0) is 43.2 Å². The highest BCUT2D eigenvalue weighted by atomic mass is 16.5. The molecular formula is C17H22O4. The third kappa shape index (κ3) is 2.42. The van der Waals surface area contributed by atoms with Gasteiger partial charge in [0.15, 0.2) is 0 Å². The molecule has 114 valence electrons. The van der Waals surface area contributed by atoms with Crippen LogP contribution in [0.3, 0.4) is 0 Å². The second-order valence-electron chi connectivity index (χ2n) is 6.09. The van der Waals surface area contributed by atoms with Crippen LogP contribution in [-0.4, -0.2) is 31.4 Å². The van der Waals surface area contributed by atoms with Gasteiger partial charge in [0.25, 0.3) is 0 Å². The summed E-state index contributed by atoms with van der Waals surface area (Å²) >= 11 is 0. The predicted molar refractivity (Wildman–Crippen MR) is 79.0 cm³/mol. The second-order valence-corrected chi connectivity index (χ2v) is 6.09. The molecular weight excluding hydrogens is 268 g/mol. The Morgan fingerprint density at radius 2 is 2.05 bits per heavy atom. The lowest BCUT2D eigenvalue weighted by Gasteiger charge is -2.39. The fourth-order valence-electron chi connectivity index (χ4n) is 3.51. The Hall–Kier alpha value is -1.55. The molecule has 1 saturated heterocycles. The van der Waals surface area contributed by atoms with Crippen LogP contribution in [0.2, 0.25) is 0 Å². The van der Waals surface area contributed by atoms with Crippen molar-refractivity contribution in [2.75, 3.05) is 20.3 Å². The molecule has 1 aromatic rings. The molecule has 3 rings (SSSR count). The number of hydrogen-bond donors (Lipinski definition) is 1. The van der Waals surface area contributed by atoms with Gasteiger partial charge in [0.2, 0.25) is 0 Å². The molecule has 1 N–H and O–H groups in total. The molecule has 4 nitrogen and oxygen atoms in total. The molecule has 0 bridgehead atoms. The van der Waals surface area contributed by atoms with E-state index in [0.29, 0.717) is 24.5 Å². The van der Waals surface area contributed by atoms with Crippen molar-refractivity contribution in [2.45, 2.75) is 43.4 Å². The van der Waals surface area contributed by atoms with Crippen LogP contribution in [0.25, 0.3) is 0 Å². The fraction of sp³-hybridized carbons (Fsp3) is 0.588. The molecule has 1 aromatic carbocycles. The van der Waals surface area contributed by atoms with Gasteiger partial charge in [0.1, 0.15) is 5.75 Å². The van der Waals surface area contributed by atoms with Crippen molar-refractivity contribution in [3.05, 3.63) is 29.3 Å². The minimum absolute atomic E-state index is 0.467. The van der Waals surface area contributed by atoms with Gasteiger partial charge in [-0.3, -0.25) is 4.79 Å². The van der Waals surface area contributed by atoms with Crippen molar-refractivity contribution in [3.8, 4) is 5.75 Å². The van der Waals surface area contributed by atoms with Crippen LogP contribution in [0, 0.1) is 0 Å². The molecule has 0 radical (unpaired) electrons. The van der Waals surface area contributed by atoms with E-state index in [-0.39, 0.29) is 0 Å². The van der Waals surface area contributed by atoms with Gasteiger partial charge < -0.3 is 14.6 Å². The van der Waals surface area contributed by atoms with Crippen LogP contribution < -0.4 is 4.74 Å². The van der Waals surface area contributed by atoms with E-state index in [2.05, 4.69) is 12.1 Å². The molecule has 0 atom stereocenters. The van der Waals surface area contributed by atoms with Crippen LogP contribution in [-0.2, 0) is 14.9 Å². The Bertz CT molecular complexity index is 528. The van der Waals surface area contributed by atoms with Gasteiger partial charge in [0, 0.05) is 18.8 Å². The lowest BCUT2D eigenvalue weighted by Crippen LogP contribution is -2.42. The third-order valence-corrected chi connectivity index (χ3v) is 5.05. The molecule has 1 saturated carbocycles. The standard InChI is InChI=1S/C17H22O4/c1-20-15-4-3-13(12-5-9-21-10-6-12)11-14(15)17(16(18)19)7-2-8-17/h3-4,11-12H,2,5-10H2,1H3,(H,18,19). The summed E-state index contributed by atoms with van der Waals surface area (Å²) < 4.78 is 10.8. The van der Waals surface area contributed by atoms with Crippen LogP contribution in [0.15, 0.2) is 18.2 Å². The van der Waals surface area contributed by atoms with E-state index in [1.54, 1.807) is 7.11 Å². The van der Waals surface area contributed by atoms with Gasteiger partial charge >= 0.3 is 5.97 Å². The minimum atomic E-state index is -0.744. The average Bonchev–Trinajstić information content (AvgIpc) is 2.46. The monoisotopic (exact) mass is 290 g/mol. The van der Waals surface area contributed by atoms with Gasteiger partial charge in [0.05, 0.1) is 12.5 Å². The second kappa shape index (κ2) is 5.68. The zero-order chi connectivity index (χ0) is 14.9. The smallest absolute Gasteiger partial charge is 0.314 e. The highest BCUT2D eigenvalue weighted by Gasteiger charge is 2.47. The van der Waals surface area contributed by atoms with Gasteiger partial charge in [-0.1, -0.05) is 18.6 Å². The molecule has 4 heteroatoms. The SMILES string of the molecule is COc1ccc(C2CCOCC2)cc1C1(C(=O)O)CCC1. The number of aliphatic carboxylic acids is 1. The molecule has 0 amide bonds. The minimum Gasteiger partial charge on any atom is -0.496 e. The van der Waals surface area contributed by atoms with Crippen molar-refractivity contribution >= 4 is 5.97 Å². The van der Waals surface area contributed by atoms with Gasteiger partial charge in [-0.2, -0.15) is 0 Å². The fourth-order valence-corrected chi connectivity index (χ4v) is 3.51. The molecule has 2 aliphatic rings. The summed E-state index contributed by atoms with van der Waals surface area (Å²) in [5.41, 5.74) is 1.33. The van der Waals surface area contributed by atoms with Crippen molar-refractivity contribution in [1.82, 2.24) is 0 Å². The Kier molecular flexibility index (Phi) is 3.89. The van der Waals surface area contributed by atoms with Crippen molar-refractivity contribution in [1.29, 1.82) is 0 Å². The van der Waals surface area contributed by atoms with Crippen molar-refractivity contribution in [3.63, 3.8) is 0 Å². The summed E-state index contributed by atoms with van der Waals surface area (Å²) in [5.74, 6) is 0.443. The molecule has 1 aliphatic heterocycles. The molecule has 0 spiro atoms. The van der Waals surface area contributed by atoms with E-state index < -0.39 is 11.4 Å². The van der Waals surface area contributed by atoms with E-state index in [1.807, 2.05) is 6.07 Å². The lowest BCUT2D eigenvalue weighted by atomic mass is 9.63. The Labute approximate surface area is 125 Å². The summed E-state index contributed by atoms with van der Waals surface area (Å²) in [6, 6.07) is 6.08. The van der Waals surface area contributed by atoms with Gasteiger partial charge in [-0.15, -0.1) is 0 Å². The predicted octanol–water partition coefficient (Wildman–Crippen LogP) is 3.10. The maximum Gasteiger partial charge on any atom is 0.314 e. The quantitative estimate of drug-likeness (QED) is 0.925. The van der Waals surface area contributed by atoms with Crippen LogP contribution >= 0.6 is 0 Å². The van der Waals surface area contributed by atoms with Crippen LogP contribution in [0.1, 0.15) is 49.1 Å². The molecule has 2 fully saturated rings. The highest BCUT2D eigenvalue weighted by molar-refractivity contribution is 5.83.